The van der Waals surface area contributed by atoms with Gasteiger partial charge in [0.2, 0.25) is 0 Å². The molecule has 0 bridgehead atoms. The highest BCUT2D eigenvalue weighted by atomic mass is 16.3. The zero-order chi connectivity index (χ0) is 13.1. The molecule has 2 atom stereocenters. The first-order valence-electron chi connectivity index (χ1n) is 6.00. The van der Waals surface area contributed by atoms with Gasteiger partial charge in [-0.05, 0) is 18.9 Å². The number of H-pyrrole nitrogens is 1. The average Bonchev–Trinajstić information content (AvgIpc) is 2.78. The molecule has 1 aromatic carbocycles. The maximum absolute atomic E-state index is 11.5. The zero-order valence-electron chi connectivity index (χ0n) is 10.5. The Kier molecular flexibility index (Phi) is 3.62. The van der Waals surface area contributed by atoms with Gasteiger partial charge in [-0.15, -0.1) is 0 Å². The van der Waals surface area contributed by atoms with Gasteiger partial charge >= 0.3 is 5.69 Å². The summed E-state index contributed by atoms with van der Waals surface area (Å²) >= 11 is 0. The van der Waals surface area contributed by atoms with Crippen LogP contribution in [0.25, 0.3) is 0 Å². The van der Waals surface area contributed by atoms with E-state index in [0.717, 1.165) is 11.1 Å². The first-order valence-corrected chi connectivity index (χ1v) is 6.00. The normalized spacial score (nSPS) is 14.4. The molecule has 5 heteroatoms. The molecule has 2 aromatic rings. The van der Waals surface area contributed by atoms with Crippen LogP contribution in [0.4, 0.5) is 0 Å². The average molecular weight is 247 g/mol. The maximum Gasteiger partial charge on any atom is 0.343 e. The van der Waals surface area contributed by atoms with Crippen molar-refractivity contribution in [3.8, 4) is 0 Å². The van der Waals surface area contributed by atoms with Crippen LogP contribution in [0, 0.1) is 6.92 Å². The third kappa shape index (κ3) is 2.36. The summed E-state index contributed by atoms with van der Waals surface area (Å²) < 4.78 is 1.30. The van der Waals surface area contributed by atoms with Gasteiger partial charge in [0.15, 0.2) is 0 Å². The summed E-state index contributed by atoms with van der Waals surface area (Å²) in [7, 11) is 0. The van der Waals surface area contributed by atoms with Crippen LogP contribution in [0.15, 0.2) is 35.4 Å². The monoisotopic (exact) mass is 247 g/mol. The Balaban J connectivity index is 2.31. The van der Waals surface area contributed by atoms with Gasteiger partial charge in [-0.3, -0.25) is 4.98 Å². The van der Waals surface area contributed by atoms with Crippen LogP contribution in [0.5, 0.6) is 0 Å². The number of hydrogen-bond acceptors (Lipinski definition) is 3. The van der Waals surface area contributed by atoms with Crippen molar-refractivity contribution in [2.75, 3.05) is 0 Å². The highest BCUT2D eigenvalue weighted by molar-refractivity contribution is 5.23. The Morgan fingerprint density at radius 2 is 2.06 bits per heavy atom. The summed E-state index contributed by atoms with van der Waals surface area (Å²) in [6.45, 7) is 3.91. The molecule has 96 valence electrons. The molecule has 2 rings (SSSR count). The van der Waals surface area contributed by atoms with Gasteiger partial charge in [0, 0.05) is 0 Å². The fraction of sp³-hybridized carbons (Fsp3) is 0.385. The Bertz CT molecular complexity index is 556. The molecule has 0 radical (unpaired) electrons. The lowest BCUT2D eigenvalue weighted by Crippen LogP contribution is -2.27. The maximum atomic E-state index is 11.5. The number of aliphatic hydroxyl groups is 1. The van der Waals surface area contributed by atoms with Crippen LogP contribution in [-0.4, -0.2) is 19.9 Å². The van der Waals surface area contributed by atoms with E-state index in [1.807, 2.05) is 38.1 Å². The van der Waals surface area contributed by atoms with Crippen molar-refractivity contribution in [2.24, 2.45) is 0 Å². The SMILES string of the molecule is CCC(C(O)c1ccc(C)cc1)n1nc[nH]c1=O. The van der Waals surface area contributed by atoms with Crippen molar-refractivity contribution in [1.29, 1.82) is 0 Å². The number of aromatic amines is 1. The second-order valence-corrected chi connectivity index (χ2v) is 4.37. The van der Waals surface area contributed by atoms with Crippen molar-refractivity contribution in [2.45, 2.75) is 32.4 Å². The van der Waals surface area contributed by atoms with Gasteiger partial charge in [-0.1, -0.05) is 36.8 Å². The summed E-state index contributed by atoms with van der Waals surface area (Å²) in [4.78, 5) is 14.0. The van der Waals surface area contributed by atoms with E-state index in [1.54, 1.807) is 0 Å². The molecular formula is C13H17N3O2. The summed E-state index contributed by atoms with van der Waals surface area (Å²) in [6, 6.07) is 7.28. The highest BCUT2D eigenvalue weighted by Gasteiger charge is 2.23. The van der Waals surface area contributed by atoms with Crippen molar-refractivity contribution in [3.05, 3.63) is 52.2 Å². The van der Waals surface area contributed by atoms with Crippen molar-refractivity contribution >= 4 is 0 Å². The fourth-order valence-corrected chi connectivity index (χ4v) is 2.02. The smallest absolute Gasteiger partial charge is 0.343 e. The minimum atomic E-state index is -0.739. The molecule has 0 fully saturated rings. The van der Waals surface area contributed by atoms with Crippen molar-refractivity contribution in [1.82, 2.24) is 14.8 Å². The topological polar surface area (TPSA) is 70.9 Å². The van der Waals surface area contributed by atoms with Gasteiger partial charge in [-0.2, -0.15) is 5.10 Å². The first kappa shape index (κ1) is 12.6. The summed E-state index contributed by atoms with van der Waals surface area (Å²) in [5.74, 6) is 0. The first-order chi connectivity index (χ1) is 8.63. The number of rotatable bonds is 4. The van der Waals surface area contributed by atoms with Crippen LogP contribution < -0.4 is 5.69 Å². The highest BCUT2D eigenvalue weighted by Crippen LogP contribution is 2.27. The van der Waals surface area contributed by atoms with E-state index in [-0.39, 0.29) is 11.7 Å². The third-order valence-electron chi connectivity index (χ3n) is 3.09. The zero-order valence-corrected chi connectivity index (χ0v) is 10.5. The number of aromatic nitrogens is 3. The lowest BCUT2D eigenvalue weighted by atomic mass is 9.99. The van der Waals surface area contributed by atoms with Gasteiger partial charge in [-0.25, -0.2) is 9.48 Å². The van der Waals surface area contributed by atoms with Crippen molar-refractivity contribution < 1.29 is 5.11 Å². The fourth-order valence-electron chi connectivity index (χ4n) is 2.02. The Labute approximate surface area is 105 Å². The molecule has 1 aromatic heterocycles. The molecule has 0 spiro atoms. The molecule has 0 aliphatic heterocycles. The van der Waals surface area contributed by atoms with Crippen LogP contribution in [0.3, 0.4) is 0 Å². The second-order valence-electron chi connectivity index (χ2n) is 4.37. The lowest BCUT2D eigenvalue weighted by Gasteiger charge is -2.21. The van der Waals surface area contributed by atoms with E-state index in [4.69, 9.17) is 0 Å². The molecule has 0 aliphatic rings. The van der Waals surface area contributed by atoms with Crippen molar-refractivity contribution in [3.63, 3.8) is 0 Å². The second kappa shape index (κ2) is 5.18. The van der Waals surface area contributed by atoms with Crippen LogP contribution >= 0.6 is 0 Å². The minimum absolute atomic E-state index is 0.298. The van der Waals surface area contributed by atoms with Gasteiger partial charge in [0.25, 0.3) is 0 Å². The predicted molar refractivity (Wildman–Crippen MR) is 68.3 cm³/mol. The Morgan fingerprint density at radius 3 is 2.56 bits per heavy atom. The minimum Gasteiger partial charge on any atom is -0.386 e. The Morgan fingerprint density at radius 1 is 1.39 bits per heavy atom. The largest absolute Gasteiger partial charge is 0.386 e. The molecule has 5 nitrogen and oxygen atoms in total. The summed E-state index contributed by atoms with van der Waals surface area (Å²) in [6.07, 6.45) is 1.23. The summed E-state index contributed by atoms with van der Waals surface area (Å²) in [5, 5.41) is 14.3. The molecular weight excluding hydrogens is 230 g/mol. The Hall–Kier alpha value is -1.88. The van der Waals surface area contributed by atoms with E-state index >= 15 is 0 Å². The molecule has 0 saturated heterocycles. The van der Waals surface area contributed by atoms with E-state index in [0.29, 0.717) is 6.42 Å². The van der Waals surface area contributed by atoms with Gasteiger partial charge in [0.1, 0.15) is 12.4 Å². The molecule has 1 heterocycles. The number of hydrogen-bond donors (Lipinski definition) is 2. The molecule has 0 saturated carbocycles. The molecule has 2 unspecified atom stereocenters. The molecule has 0 amide bonds. The number of aliphatic hydroxyl groups excluding tert-OH is 1. The van der Waals surface area contributed by atoms with E-state index in [2.05, 4.69) is 10.1 Å². The standard InChI is InChI=1S/C13H17N3O2/c1-3-11(16-13(18)14-8-15-16)12(17)10-6-4-9(2)5-7-10/h4-8,11-12,17H,3H2,1-2H3,(H,14,15,18). The van der Waals surface area contributed by atoms with Crippen LogP contribution in [-0.2, 0) is 0 Å². The molecule has 2 N–H and O–H groups in total. The van der Waals surface area contributed by atoms with Gasteiger partial charge in [0.05, 0.1) is 6.04 Å². The van der Waals surface area contributed by atoms with E-state index in [1.165, 1.54) is 11.0 Å². The molecule has 0 aliphatic carbocycles. The van der Waals surface area contributed by atoms with Gasteiger partial charge < -0.3 is 5.11 Å². The van der Waals surface area contributed by atoms with E-state index < -0.39 is 6.10 Å². The number of nitrogens with zero attached hydrogens (tertiary/aromatic N) is 2. The number of benzene rings is 1. The summed E-state index contributed by atoms with van der Waals surface area (Å²) in [5.41, 5.74) is 1.63. The third-order valence-corrected chi connectivity index (χ3v) is 3.09. The van der Waals surface area contributed by atoms with Crippen LogP contribution in [0.1, 0.15) is 36.6 Å². The van der Waals surface area contributed by atoms with Crippen LogP contribution in [0.2, 0.25) is 0 Å². The number of nitrogens with one attached hydrogen (secondary N) is 1. The lowest BCUT2D eigenvalue weighted by molar-refractivity contribution is 0.101. The predicted octanol–water partition coefficient (Wildman–Crippen LogP) is 1.56. The van der Waals surface area contributed by atoms with E-state index in [9.17, 15) is 9.90 Å². The molecule has 18 heavy (non-hydrogen) atoms. The quantitative estimate of drug-likeness (QED) is 0.861. The number of aryl methyl sites for hydroxylation is 1.